The van der Waals surface area contributed by atoms with Crippen LogP contribution in [0, 0.1) is 6.92 Å². The number of rotatable bonds is 6. The molecule has 0 aliphatic heterocycles. The second-order valence-corrected chi connectivity index (χ2v) is 4.92. The van der Waals surface area contributed by atoms with Gasteiger partial charge in [0.15, 0.2) is 0 Å². The zero-order chi connectivity index (χ0) is 13.5. The average molecular weight is 247 g/mol. The van der Waals surface area contributed by atoms with Gasteiger partial charge in [-0.05, 0) is 45.4 Å². The summed E-state index contributed by atoms with van der Waals surface area (Å²) in [4.78, 5) is 0. The van der Waals surface area contributed by atoms with E-state index in [0.717, 1.165) is 18.7 Å². The lowest BCUT2D eigenvalue weighted by Crippen LogP contribution is -2.21. The molecule has 0 aliphatic carbocycles. The highest BCUT2D eigenvalue weighted by Gasteiger charge is 2.13. The molecule has 0 aliphatic rings. The van der Waals surface area contributed by atoms with Gasteiger partial charge in [0.1, 0.15) is 5.75 Å². The molecule has 0 bridgehead atoms. The summed E-state index contributed by atoms with van der Waals surface area (Å²) in [6, 6.07) is 6.61. The summed E-state index contributed by atoms with van der Waals surface area (Å²) in [6.45, 7) is 9.52. The monoisotopic (exact) mass is 247 g/mol. The number of methoxy groups -OCH3 is 1. The van der Waals surface area contributed by atoms with Gasteiger partial charge in [-0.3, -0.25) is 0 Å². The van der Waals surface area contributed by atoms with Crippen molar-refractivity contribution in [2.24, 2.45) is 0 Å². The first-order valence-corrected chi connectivity index (χ1v) is 6.61. The molecule has 1 N–H and O–H groups in total. The Morgan fingerprint density at radius 1 is 1.39 bits per heavy atom. The van der Waals surface area contributed by atoms with Crippen molar-refractivity contribution in [3.05, 3.63) is 41.0 Å². The van der Waals surface area contributed by atoms with Crippen LogP contribution in [0.5, 0.6) is 5.75 Å². The topological polar surface area (TPSA) is 21.3 Å². The Morgan fingerprint density at radius 2 is 2.11 bits per heavy atom. The Morgan fingerprint density at radius 3 is 2.67 bits per heavy atom. The summed E-state index contributed by atoms with van der Waals surface area (Å²) >= 11 is 0. The molecular weight excluding hydrogens is 222 g/mol. The Kier molecular flexibility index (Phi) is 5.93. The minimum atomic E-state index is 0.227. The van der Waals surface area contributed by atoms with Crippen LogP contribution in [0.4, 0.5) is 0 Å². The zero-order valence-corrected chi connectivity index (χ0v) is 12.2. The zero-order valence-electron chi connectivity index (χ0n) is 12.2. The van der Waals surface area contributed by atoms with Crippen LogP contribution in [0.3, 0.4) is 0 Å². The predicted octanol–water partition coefficient (Wildman–Crippen LogP) is 4.01. The number of hydrogen-bond donors (Lipinski definition) is 1. The van der Waals surface area contributed by atoms with Gasteiger partial charge >= 0.3 is 0 Å². The molecule has 1 unspecified atom stereocenters. The molecule has 0 spiro atoms. The van der Waals surface area contributed by atoms with Crippen LogP contribution in [0.25, 0.3) is 0 Å². The van der Waals surface area contributed by atoms with E-state index in [1.807, 2.05) is 0 Å². The van der Waals surface area contributed by atoms with Crippen LogP contribution in [-0.4, -0.2) is 13.7 Å². The minimum Gasteiger partial charge on any atom is -0.496 e. The molecule has 2 nitrogen and oxygen atoms in total. The van der Waals surface area contributed by atoms with E-state index >= 15 is 0 Å². The summed E-state index contributed by atoms with van der Waals surface area (Å²) in [5, 5.41) is 3.55. The highest BCUT2D eigenvalue weighted by atomic mass is 16.5. The molecular formula is C16H25NO. The van der Waals surface area contributed by atoms with Crippen LogP contribution < -0.4 is 10.1 Å². The molecule has 0 saturated carbocycles. The quantitative estimate of drug-likeness (QED) is 0.767. The molecule has 2 heteroatoms. The van der Waals surface area contributed by atoms with E-state index < -0.39 is 0 Å². The third kappa shape index (κ3) is 4.19. The Labute approximate surface area is 111 Å². The van der Waals surface area contributed by atoms with Crippen LogP contribution in [0.2, 0.25) is 0 Å². The van der Waals surface area contributed by atoms with Crippen LogP contribution in [0.15, 0.2) is 29.8 Å². The molecule has 1 atom stereocenters. The van der Waals surface area contributed by atoms with Gasteiger partial charge in [0, 0.05) is 5.56 Å². The number of nitrogens with one attached hydrogen (secondary N) is 1. The summed E-state index contributed by atoms with van der Waals surface area (Å²) in [7, 11) is 1.73. The van der Waals surface area contributed by atoms with Gasteiger partial charge in [-0.1, -0.05) is 30.7 Å². The van der Waals surface area contributed by atoms with Crippen LogP contribution in [0.1, 0.15) is 44.4 Å². The maximum Gasteiger partial charge on any atom is 0.124 e. The second kappa shape index (κ2) is 7.22. The van der Waals surface area contributed by atoms with Gasteiger partial charge in [-0.15, -0.1) is 0 Å². The molecule has 0 amide bonds. The summed E-state index contributed by atoms with van der Waals surface area (Å²) in [6.07, 6.45) is 3.38. The lowest BCUT2D eigenvalue weighted by atomic mass is 10.0. The third-order valence-electron chi connectivity index (χ3n) is 2.84. The van der Waals surface area contributed by atoms with Crippen molar-refractivity contribution in [1.82, 2.24) is 5.32 Å². The maximum absolute atomic E-state index is 5.50. The van der Waals surface area contributed by atoms with E-state index in [2.05, 4.69) is 57.3 Å². The first kappa shape index (κ1) is 14.8. The van der Waals surface area contributed by atoms with Crippen LogP contribution in [-0.2, 0) is 0 Å². The van der Waals surface area contributed by atoms with E-state index in [4.69, 9.17) is 4.74 Å². The van der Waals surface area contributed by atoms with E-state index in [9.17, 15) is 0 Å². The van der Waals surface area contributed by atoms with Crippen molar-refractivity contribution in [3.63, 3.8) is 0 Å². The number of benzene rings is 1. The van der Waals surface area contributed by atoms with Crippen LogP contribution >= 0.6 is 0 Å². The van der Waals surface area contributed by atoms with Gasteiger partial charge in [0.05, 0.1) is 13.2 Å². The highest BCUT2D eigenvalue weighted by molar-refractivity contribution is 5.41. The van der Waals surface area contributed by atoms with Gasteiger partial charge in [0.2, 0.25) is 0 Å². The smallest absolute Gasteiger partial charge is 0.124 e. The van der Waals surface area contributed by atoms with Crippen molar-refractivity contribution in [1.29, 1.82) is 0 Å². The first-order chi connectivity index (χ1) is 8.58. The Bertz CT molecular complexity index is 406. The molecule has 1 aromatic carbocycles. The standard InChI is InChI=1S/C16H25NO/c1-6-9-17-15(10-12(2)3)14-8-7-13(4)11-16(14)18-5/h7-8,10-11,15,17H,6,9H2,1-5H3. The van der Waals surface area contributed by atoms with E-state index in [0.29, 0.717) is 0 Å². The molecule has 0 aromatic heterocycles. The van der Waals surface area contributed by atoms with E-state index in [-0.39, 0.29) is 6.04 Å². The molecule has 0 heterocycles. The second-order valence-electron chi connectivity index (χ2n) is 4.92. The van der Waals surface area contributed by atoms with Gasteiger partial charge in [-0.25, -0.2) is 0 Å². The molecule has 0 radical (unpaired) electrons. The van der Waals surface area contributed by atoms with Gasteiger partial charge in [0.25, 0.3) is 0 Å². The molecule has 1 aromatic rings. The number of allylic oxidation sites excluding steroid dienone is 1. The highest BCUT2D eigenvalue weighted by Crippen LogP contribution is 2.27. The normalized spacial score (nSPS) is 12.1. The fourth-order valence-corrected chi connectivity index (χ4v) is 1.97. The summed E-state index contributed by atoms with van der Waals surface area (Å²) in [5.74, 6) is 0.959. The van der Waals surface area contributed by atoms with Crippen molar-refractivity contribution >= 4 is 0 Å². The van der Waals surface area contributed by atoms with Crippen molar-refractivity contribution < 1.29 is 4.74 Å². The SMILES string of the molecule is CCCNC(C=C(C)C)c1ccc(C)cc1OC. The first-order valence-electron chi connectivity index (χ1n) is 6.61. The number of aryl methyl sites for hydroxylation is 1. The third-order valence-corrected chi connectivity index (χ3v) is 2.84. The van der Waals surface area contributed by atoms with E-state index in [1.165, 1.54) is 16.7 Å². The average Bonchev–Trinajstić information content (AvgIpc) is 2.34. The van der Waals surface area contributed by atoms with Crippen molar-refractivity contribution in [2.75, 3.05) is 13.7 Å². The predicted molar refractivity (Wildman–Crippen MR) is 78.2 cm³/mol. The Balaban J connectivity index is 3.07. The largest absolute Gasteiger partial charge is 0.496 e. The maximum atomic E-state index is 5.50. The minimum absolute atomic E-state index is 0.227. The lowest BCUT2D eigenvalue weighted by Gasteiger charge is -2.19. The molecule has 18 heavy (non-hydrogen) atoms. The number of hydrogen-bond acceptors (Lipinski definition) is 2. The molecule has 100 valence electrons. The van der Waals surface area contributed by atoms with E-state index in [1.54, 1.807) is 7.11 Å². The summed E-state index contributed by atoms with van der Waals surface area (Å²) < 4.78 is 5.50. The Hall–Kier alpha value is -1.28. The van der Waals surface area contributed by atoms with Gasteiger partial charge in [-0.2, -0.15) is 0 Å². The number of ether oxygens (including phenoxy) is 1. The lowest BCUT2D eigenvalue weighted by molar-refractivity contribution is 0.404. The molecule has 1 rings (SSSR count). The van der Waals surface area contributed by atoms with Crippen molar-refractivity contribution in [3.8, 4) is 5.75 Å². The molecule has 0 fully saturated rings. The van der Waals surface area contributed by atoms with Gasteiger partial charge < -0.3 is 10.1 Å². The summed E-state index contributed by atoms with van der Waals surface area (Å²) in [5.41, 5.74) is 3.74. The molecule has 0 saturated heterocycles. The fourth-order valence-electron chi connectivity index (χ4n) is 1.97. The van der Waals surface area contributed by atoms with Crippen molar-refractivity contribution in [2.45, 2.75) is 40.2 Å². The fraction of sp³-hybridized carbons (Fsp3) is 0.500.